The highest BCUT2D eigenvalue weighted by Crippen LogP contribution is 2.08. The minimum absolute atomic E-state index is 0.181. The normalized spacial score (nSPS) is 10.4. The molecule has 0 bridgehead atoms. The van der Waals surface area contributed by atoms with Crippen LogP contribution in [0.5, 0.6) is 0 Å². The molecule has 23 heavy (non-hydrogen) atoms. The number of carbonyl (C=O) groups excluding carboxylic acids is 1. The Labute approximate surface area is 137 Å². The molecule has 5 nitrogen and oxygen atoms in total. The van der Waals surface area contributed by atoms with Gasteiger partial charge in [0.2, 0.25) is 5.95 Å². The van der Waals surface area contributed by atoms with Crippen molar-refractivity contribution >= 4 is 11.9 Å². The van der Waals surface area contributed by atoms with Gasteiger partial charge in [-0.1, -0.05) is 43.2 Å². The van der Waals surface area contributed by atoms with E-state index in [9.17, 15) is 4.79 Å². The standard InChI is InChI=1S/C18H24N4O/c1-4-5-11-22(3)18-19-10-9-16(21-18)17(23)20-13-15-8-6-7-14(2)12-15/h6-10,12H,4-5,11,13H2,1-3H3,(H,20,23). The lowest BCUT2D eigenvalue weighted by Gasteiger charge is -2.16. The third-order valence-electron chi connectivity index (χ3n) is 3.60. The minimum atomic E-state index is -0.181. The first-order valence-corrected chi connectivity index (χ1v) is 7.98. The molecular weight excluding hydrogens is 288 g/mol. The lowest BCUT2D eigenvalue weighted by Crippen LogP contribution is -2.26. The summed E-state index contributed by atoms with van der Waals surface area (Å²) in [5, 5.41) is 2.90. The predicted molar refractivity (Wildman–Crippen MR) is 92.6 cm³/mol. The number of anilines is 1. The van der Waals surface area contributed by atoms with Crippen LogP contribution in [0.25, 0.3) is 0 Å². The second kappa shape index (κ2) is 8.27. The summed E-state index contributed by atoms with van der Waals surface area (Å²) in [5.74, 6) is 0.403. The molecule has 0 aliphatic carbocycles. The van der Waals surface area contributed by atoms with E-state index < -0.39 is 0 Å². The van der Waals surface area contributed by atoms with Gasteiger partial charge in [-0.2, -0.15) is 0 Å². The van der Waals surface area contributed by atoms with Gasteiger partial charge < -0.3 is 10.2 Å². The molecule has 0 aliphatic heterocycles. The van der Waals surface area contributed by atoms with Crippen molar-refractivity contribution in [3.8, 4) is 0 Å². The largest absolute Gasteiger partial charge is 0.347 e. The Morgan fingerprint density at radius 2 is 2.13 bits per heavy atom. The average Bonchev–Trinajstić information content (AvgIpc) is 2.57. The fourth-order valence-electron chi connectivity index (χ4n) is 2.25. The van der Waals surface area contributed by atoms with Crippen LogP contribution in [0, 0.1) is 6.92 Å². The van der Waals surface area contributed by atoms with Gasteiger partial charge in [0.05, 0.1) is 0 Å². The van der Waals surface area contributed by atoms with E-state index in [0.717, 1.165) is 24.9 Å². The van der Waals surface area contributed by atoms with Crippen molar-refractivity contribution in [1.29, 1.82) is 0 Å². The molecule has 2 aromatic rings. The van der Waals surface area contributed by atoms with Gasteiger partial charge in [-0.25, -0.2) is 9.97 Å². The molecule has 5 heteroatoms. The molecule has 0 unspecified atom stereocenters. The van der Waals surface area contributed by atoms with Crippen molar-refractivity contribution in [2.24, 2.45) is 0 Å². The van der Waals surface area contributed by atoms with E-state index in [2.05, 4.69) is 28.3 Å². The van der Waals surface area contributed by atoms with Crippen molar-refractivity contribution < 1.29 is 4.79 Å². The Hall–Kier alpha value is -2.43. The third kappa shape index (κ3) is 5.06. The Balaban J connectivity index is 1.99. The van der Waals surface area contributed by atoms with E-state index in [1.54, 1.807) is 12.3 Å². The lowest BCUT2D eigenvalue weighted by atomic mass is 10.1. The predicted octanol–water partition coefficient (Wildman–Crippen LogP) is 2.95. The van der Waals surface area contributed by atoms with Crippen LogP contribution in [0.3, 0.4) is 0 Å². The molecule has 1 aromatic heterocycles. The molecule has 1 amide bonds. The number of nitrogens with one attached hydrogen (secondary N) is 1. The van der Waals surface area contributed by atoms with E-state index in [0.29, 0.717) is 18.2 Å². The van der Waals surface area contributed by atoms with Crippen LogP contribution in [0.1, 0.15) is 41.4 Å². The van der Waals surface area contributed by atoms with Crippen LogP contribution in [0.15, 0.2) is 36.5 Å². The van der Waals surface area contributed by atoms with Crippen LogP contribution < -0.4 is 10.2 Å². The minimum Gasteiger partial charge on any atom is -0.347 e. The molecular formula is C18H24N4O. The summed E-state index contributed by atoms with van der Waals surface area (Å²) in [6.45, 7) is 5.55. The topological polar surface area (TPSA) is 58.1 Å². The van der Waals surface area contributed by atoms with E-state index in [1.165, 1.54) is 5.56 Å². The monoisotopic (exact) mass is 312 g/mol. The number of amides is 1. The molecule has 122 valence electrons. The van der Waals surface area contributed by atoms with E-state index in [1.807, 2.05) is 37.1 Å². The number of rotatable bonds is 7. The van der Waals surface area contributed by atoms with E-state index in [4.69, 9.17) is 0 Å². The molecule has 1 heterocycles. The number of benzene rings is 1. The number of aryl methyl sites for hydroxylation is 1. The Bertz CT molecular complexity index is 657. The number of hydrogen-bond donors (Lipinski definition) is 1. The molecule has 0 spiro atoms. The number of carbonyl (C=O) groups is 1. The van der Waals surface area contributed by atoms with Gasteiger partial charge in [0, 0.05) is 26.3 Å². The van der Waals surface area contributed by atoms with Gasteiger partial charge >= 0.3 is 0 Å². The smallest absolute Gasteiger partial charge is 0.270 e. The second-order valence-corrected chi connectivity index (χ2v) is 5.69. The molecule has 0 atom stereocenters. The maximum absolute atomic E-state index is 12.3. The zero-order valence-electron chi connectivity index (χ0n) is 14.0. The fraction of sp³-hybridized carbons (Fsp3) is 0.389. The summed E-state index contributed by atoms with van der Waals surface area (Å²) in [5.41, 5.74) is 2.65. The number of unbranched alkanes of at least 4 members (excludes halogenated alkanes) is 1. The maximum atomic E-state index is 12.3. The maximum Gasteiger partial charge on any atom is 0.270 e. The highest BCUT2D eigenvalue weighted by molar-refractivity contribution is 5.92. The van der Waals surface area contributed by atoms with Gasteiger partial charge in [-0.15, -0.1) is 0 Å². The van der Waals surface area contributed by atoms with Crippen LogP contribution in [-0.4, -0.2) is 29.5 Å². The van der Waals surface area contributed by atoms with Crippen molar-refractivity contribution in [1.82, 2.24) is 15.3 Å². The molecule has 0 saturated carbocycles. The summed E-state index contributed by atoms with van der Waals surface area (Å²) in [6.07, 6.45) is 3.82. The summed E-state index contributed by atoms with van der Waals surface area (Å²) in [4.78, 5) is 22.8. The first-order chi connectivity index (χ1) is 11.1. The van der Waals surface area contributed by atoms with Crippen molar-refractivity contribution in [3.63, 3.8) is 0 Å². The molecule has 0 aliphatic rings. The third-order valence-corrected chi connectivity index (χ3v) is 3.60. The van der Waals surface area contributed by atoms with Crippen LogP contribution in [-0.2, 0) is 6.54 Å². The second-order valence-electron chi connectivity index (χ2n) is 5.69. The van der Waals surface area contributed by atoms with Crippen molar-refractivity contribution in [2.75, 3.05) is 18.5 Å². The van der Waals surface area contributed by atoms with Gasteiger partial charge in [0.1, 0.15) is 5.69 Å². The van der Waals surface area contributed by atoms with Gasteiger partial charge in [0.25, 0.3) is 5.91 Å². The summed E-state index contributed by atoms with van der Waals surface area (Å²) in [7, 11) is 1.94. The van der Waals surface area contributed by atoms with Crippen molar-refractivity contribution in [3.05, 3.63) is 53.3 Å². The Kier molecular flexibility index (Phi) is 6.09. The number of hydrogen-bond acceptors (Lipinski definition) is 4. The quantitative estimate of drug-likeness (QED) is 0.854. The first kappa shape index (κ1) is 16.9. The fourth-order valence-corrected chi connectivity index (χ4v) is 2.25. The summed E-state index contributed by atoms with van der Waals surface area (Å²) in [6, 6.07) is 9.72. The zero-order chi connectivity index (χ0) is 16.7. The van der Waals surface area contributed by atoms with Gasteiger partial charge in [-0.05, 0) is 25.0 Å². The van der Waals surface area contributed by atoms with Crippen molar-refractivity contribution in [2.45, 2.75) is 33.2 Å². The molecule has 0 saturated heterocycles. The summed E-state index contributed by atoms with van der Waals surface area (Å²) < 4.78 is 0. The van der Waals surface area contributed by atoms with Gasteiger partial charge in [0.15, 0.2) is 0 Å². The summed E-state index contributed by atoms with van der Waals surface area (Å²) >= 11 is 0. The molecule has 1 aromatic carbocycles. The Morgan fingerprint density at radius 3 is 2.87 bits per heavy atom. The number of nitrogens with zero attached hydrogens (tertiary/aromatic N) is 3. The average molecular weight is 312 g/mol. The van der Waals surface area contributed by atoms with E-state index in [-0.39, 0.29) is 5.91 Å². The van der Waals surface area contributed by atoms with E-state index >= 15 is 0 Å². The Morgan fingerprint density at radius 1 is 1.30 bits per heavy atom. The lowest BCUT2D eigenvalue weighted by molar-refractivity contribution is 0.0946. The molecule has 0 fully saturated rings. The highest BCUT2D eigenvalue weighted by Gasteiger charge is 2.10. The number of aromatic nitrogens is 2. The van der Waals surface area contributed by atoms with Crippen LogP contribution in [0.4, 0.5) is 5.95 Å². The van der Waals surface area contributed by atoms with Crippen LogP contribution >= 0.6 is 0 Å². The zero-order valence-corrected chi connectivity index (χ0v) is 14.0. The highest BCUT2D eigenvalue weighted by atomic mass is 16.1. The van der Waals surface area contributed by atoms with Gasteiger partial charge in [-0.3, -0.25) is 4.79 Å². The van der Waals surface area contributed by atoms with Crippen LogP contribution in [0.2, 0.25) is 0 Å². The first-order valence-electron chi connectivity index (χ1n) is 7.98. The molecule has 2 rings (SSSR count). The molecule has 0 radical (unpaired) electrons. The SMILES string of the molecule is CCCCN(C)c1nccc(C(=O)NCc2cccc(C)c2)n1. The molecule has 1 N–H and O–H groups in total.